The minimum Gasteiger partial charge on any atom is -0.356 e. The molecule has 0 atom stereocenters. The summed E-state index contributed by atoms with van der Waals surface area (Å²) in [5.74, 6) is 2.50. The van der Waals surface area contributed by atoms with Crippen molar-refractivity contribution in [3.8, 4) is 0 Å². The van der Waals surface area contributed by atoms with Crippen LogP contribution in [-0.4, -0.2) is 57.7 Å². The largest absolute Gasteiger partial charge is 0.356 e. The normalized spacial score (nSPS) is 11.5. The molecule has 2 heterocycles. The fourth-order valence-electron chi connectivity index (χ4n) is 2.69. The summed E-state index contributed by atoms with van der Waals surface area (Å²) in [7, 11) is 1.93. The van der Waals surface area contributed by atoms with Crippen LogP contribution in [0, 0.1) is 6.92 Å². The van der Waals surface area contributed by atoms with Crippen LogP contribution in [0.4, 0.5) is 0 Å². The van der Waals surface area contributed by atoms with E-state index in [1.807, 2.05) is 37.3 Å². The van der Waals surface area contributed by atoms with Crippen molar-refractivity contribution in [1.29, 1.82) is 0 Å². The third-order valence-corrected chi connectivity index (χ3v) is 5.49. The zero-order chi connectivity index (χ0) is 20.4. The Morgan fingerprint density at radius 2 is 2.00 bits per heavy atom. The van der Waals surface area contributed by atoms with Crippen molar-refractivity contribution in [2.24, 2.45) is 12.0 Å². The van der Waals surface area contributed by atoms with Gasteiger partial charge in [0.05, 0.1) is 0 Å². The number of thiophene rings is 1. The van der Waals surface area contributed by atoms with Crippen LogP contribution in [-0.2, 0) is 24.8 Å². The first-order chi connectivity index (χ1) is 13.5. The second-order valence-corrected chi connectivity index (χ2v) is 7.42. The van der Waals surface area contributed by atoms with E-state index in [-0.39, 0.29) is 5.91 Å². The van der Waals surface area contributed by atoms with Gasteiger partial charge in [-0.3, -0.25) is 4.79 Å². The molecule has 0 aliphatic rings. The molecule has 2 rings (SSSR count). The maximum atomic E-state index is 12.2. The third kappa shape index (κ3) is 6.63. The fraction of sp³-hybridized carbons (Fsp3) is 0.579. The van der Waals surface area contributed by atoms with Gasteiger partial charge in [0.1, 0.15) is 12.4 Å². The number of carbonyl (C=O) groups is 1. The quantitative estimate of drug-likeness (QED) is 0.464. The summed E-state index contributed by atoms with van der Waals surface area (Å²) in [6.45, 7) is 9.12. The van der Waals surface area contributed by atoms with Crippen LogP contribution in [0.5, 0.6) is 0 Å². The predicted octanol–water partition coefficient (Wildman–Crippen LogP) is 1.72. The van der Waals surface area contributed by atoms with Crippen molar-refractivity contribution in [1.82, 2.24) is 30.3 Å². The Balaban J connectivity index is 1.91. The Morgan fingerprint density at radius 3 is 2.61 bits per heavy atom. The molecule has 0 spiro atoms. The number of aryl methyl sites for hydroxylation is 1. The lowest BCUT2D eigenvalue weighted by molar-refractivity contribution is -0.130. The number of nitrogens with zero attached hydrogens (tertiary/aromatic N) is 5. The van der Waals surface area contributed by atoms with Crippen LogP contribution in [0.1, 0.15) is 36.8 Å². The van der Waals surface area contributed by atoms with Crippen molar-refractivity contribution in [3.05, 3.63) is 34.0 Å². The van der Waals surface area contributed by atoms with Crippen molar-refractivity contribution in [2.45, 2.75) is 40.2 Å². The van der Waals surface area contributed by atoms with Gasteiger partial charge in [0, 0.05) is 44.5 Å². The molecule has 2 aromatic heterocycles. The van der Waals surface area contributed by atoms with Gasteiger partial charge < -0.3 is 20.1 Å². The van der Waals surface area contributed by atoms with E-state index in [4.69, 9.17) is 0 Å². The maximum Gasteiger partial charge on any atom is 0.224 e. The zero-order valence-electron chi connectivity index (χ0n) is 17.2. The summed E-state index contributed by atoms with van der Waals surface area (Å²) in [5, 5.41) is 16.9. The Morgan fingerprint density at radius 1 is 1.25 bits per heavy atom. The molecule has 0 saturated carbocycles. The number of guanidine groups is 1. The third-order valence-electron chi connectivity index (χ3n) is 4.55. The van der Waals surface area contributed by atoms with Gasteiger partial charge in [-0.25, -0.2) is 4.99 Å². The SMILES string of the molecule is CCN(CC)C(=O)CCNC(=NCc1nnc(C)n1C)NCCc1cccs1. The molecule has 0 aliphatic heterocycles. The number of hydrogen-bond acceptors (Lipinski definition) is 5. The summed E-state index contributed by atoms with van der Waals surface area (Å²) in [6.07, 6.45) is 1.37. The average Bonchev–Trinajstić information content (AvgIpc) is 3.31. The summed E-state index contributed by atoms with van der Waals surface area (Å²) < 4.78 is 1.93. The van der Waals surface area contributed by atoms with E-state index >= 15 is 0 Å². The Bertz CT molecular complexity index is 750. The molecular weight excluding hydrogens is 374 g/mol. The highest BCUT2D eigenvalue weighted by Gasteiger charge is 2.10. The van der Waals surface area contributed by atoms with Gasteiger partial charge in [0.2, 0.25) is 5.91 Å². The second kappa shape index (κ2) is 11.4. The summed E-state index contributed by atoms with van der Waals surface area (Å²) in [4.78, 5) is 20.0. The average molecular weight is 406 g/mol. The number of rotatable bonds is 10. The Kier molecular flexibility index (Phi) is 8.93. The van der Waals surface area contributed by atoms with Crippen LogP contribution in [0.15, 0.2) is 22.5 Å². The van der Waals surface area contributed by atoms with Crippen LogP contribution in [0.2, 0.25) is 0 Å². The van der Waals surface area contributed by atoms with Crippen LogP contribution in [0.25, 0.3) is 0 Å². The minimum atomic E-state index is 0.152. The number of aromatic nitrogens is 3. The van der Waals surface area contributed by atoms with E-state index in [0.717, 1.165) is 37.7 Å². The minimum absolute atomic E-state index is 0.152. The monoisotopic (exact) mass is 405 g/mol. The molecule has 154 valence electrons. The number of carbonyl (C=O) groups excluding carboxylic acids is 1. The summed E-state index contributed by atoms with van der Waals surface area (Å²) >= 11 is 1.75. The number of nitrogens with one attached hydrogen (secondary N) is 2. The zero-order valence-corrected chi connectivity index (χ0v) is 18.1. The Labute approximate surface area is 171 Å². The molecule has 1 amide bonds. The molecule has 0 aromatic carbocycles. The van der Waals surface area contributed by atoms with Gasteiger partial charge in [-0.05, 0) is 38.6 Å². The van der Waals surface area contributed by atoms with E-state index in [9.17, 15) is 4.79 Å². The molecule has 0 unspecified atom stereocenters. The Hall–Kier alpha value is -2.42. The van der Waals surface area contributed by atoms with Gasteiger partial charge in [-0.15, -0.1) is 21.5 Å². The second-order valence-electron chi connectivity index (χ2n) is 6.39. The van der Waals surface area contributed by atoms with Crippen molar-refractivity contribution in [3.63, 3.8) is 0 Å². The molecule has 2 N–H and O–H groups in total. The molecule has 0 fully saturated rings. The standard InChI is InChI=1S/C19H31N7OS/c1-5-26(6-2)18(27)10-12-21-19(20-11-9-16-8-7-13-28-16)22-14-17-24-23-15(3)25(17)4/h7-8,13H,5-6,9-12,14H2,1-4H3,(H2,20,21,22). The molecular formula is C19H31N7OS. The van der Waals surface area contributed by atoms with E-state index in [1.165, 1.54) is 4.88 Å². The van der Waals surface area contributed by atoms with E-state index in [0.29, 0.717) is 25.5 Å². The lowest BCUT2D eigenvalue weighted by Crippen LogP contribution is -2.41. The number of aliphatic imine (C=N–C) groups is 1. The lowest BCUT2D eigenvalue weighted by Gasteiger charge is -2.19. The molecule has 0 radical (unpaired) electrons. The van der Waals surface area contributed by atoms with Crippen molar-refractivity contribution >= 4 is 23.2 Å². The highest BCUT2D eigenvalue weighted by Crippen LogP contribution is 2.08. The number of amides is 1. The molecule has 0 bridgehead atoms. The first-order valence-corrected chi connectivity index (χ1v) is 10.6. The predicted molar refractivity (Wildman–Crippen MR) is 113 cm³/mol. The molecule has 8 nitrogen and oxygen atoms in total. The van der Waals surface area contributed by atoms with Gasteiger partial charge in [-0.1, -0.05) is 6.07 Å². The van der Waals surface area contributed by atoms with Crippen molar-refractivity contribution in [2.75, 3.05) is 26.2 Å². The molecule has 9 heteroatoms. The maximum absolute atomic E-state index is 12.2. The van der Waals surface area contributed by atoms with Crippen LogP contribution < -0.4 is 10.6 Å². The smallest absolute Gasteiger partial charge is 0.224 e. The number of hydrogen-bond donors (Lipinski definition) is 2. The van der Waals surface area contributed by atoms with Gasteiger partial charge in [0.25, 0.3) is 0 Å². The van der Waals surface area contributed by atoms with Gasteiger partial charge in [0.15, 0.2) is 11.8 Å². The lowest BCUT2D eigenvalue weighted by atomic mass is 10.3. The fourth-order valence-corrected chi connectivity index (χ4v) is 3.40. The first-order valence-electron chi connectivity index (χ1n) is 9.72. The van der Waals surface area contributed by atoms with E-state index < -0.39 is 0 Å². The summed E-state index contributed by atoms with van der Waals surface area (Å²) in [5.41, 5.74) is 0. The molecule has 28 heavy (non-hydrogen) atoms. The first kappa shape index (κ1) is 21.9. The van der Waals surface area contributed by atoms with Crippen LogP contribution in [0.3, 0.4) is 0 Å². The van der Waals surface area contributed by atoms with Gasteiger partial charge >= 0.3 is 0 Å². The molecule has 2 aromatic rings. The molecule has 0 saturated heterocycles. The van der Waals surface area contributed by atoms with E-state index in [2.05, 4.69) is 43.3 Å². The highest BCUT2D eigenvalue weighted by molar-refractivity contribution is 7.09. The van der Waals surface area contributed by atoms with Gasteiger partial charge in [-0.2, -0.15) is 0 Å². The highest BCUT2D eigenvalue weighted by atomic mass is 32.1. The van der Waals surface area contributed by atoms with Crippen molar-refractivity contribution < 1.29 is 4.79 Å². The summed E-state index contributed by atoms with van der Waals surface area (Å²) in [6, 6.07) is 4.18. The van der Waals surface area contributed by atoms with Crippen LogP contribution >= 0.6 is 11.3 Å². The van der Waals surface area contributed by atoms with E-state index in [1.54, 1.807) is 11.3 Å². The topological polar surface area (TPSA) is 87.4 Å². The molecule has 0 aliphatic carbocycles.